The van der Waals surface area contributed by atoms with E-state index in [-0.39, 0.29) is 6.09 Å². The SMILES string of the molecule is CC(C)(C)OC(=O)N1CCN(c2ccc(C=CCC#N)cc2)CC1. The van der Waals surface area contributed by atoms with Gasteiger partial charge in [-0.15, -0.1) is 0 Å². The molecule has 5 heteroatoms. The van der Waals surface area contributed by atoms with E-state index in [9.17, 15) is 4.79 Å². The second-order valence-electron chi connectivity index (χ2n) is 6.81. The predicted molar refractivity (Wildman–Crippen MR) is 95.7 cm³/mol. The zero-order chi connectivity index (χ0) is 17.6. The van der Waals surface area contributed by atoms with E-state index in [1.165, 1.54) is 0 Å². The average Bonchev–Trinajstić information content (AvgIpc) is 2.54. The van der Waals surface area contributed by atoms with E-state index >= 15 is 0 Å². The molecule has 0 saturated carbocycles. The highest BCUT2D eigenvalue weighted by molar-refractivity contribution is 5.68. The Morgan fingerprint density at radius 1 is 1.21 bits per heavy atom. The van der Waals surface area contributed by atoms with Crippen LogP contribution in [0.25, 0.3) is 6.08 Å². The van der Waals surface area contributed by atoms with Gasteiger partial charge in [0.05, 0.1) is 12.5 Å². The van der Waals surface area contributed by atoms with Crippen molar-refractivity contribution in [2.45, 2.75) is 32.8 Å². The summed E-state index contributed by atoms with van der Waals surface area (Å²) in [6, 6.07) is 10.3. The zero-order valence-electron chi connectivity index (χ0n) is 14.7. The molecule has 1 heterocycles. The van der Waals surface area contributed by atoms with Crippen molar-refractivity contribution in [3.8, 4) is 6.07 Å². The highest BCUT2D eigenvalue weighted by Gasteiger charge is 2.25. The smallest absolute Gasteiger partial charge is 0.410 e. The number of hydrogen-bond acceptors (Lipinski definition) is 4. The molecule has 1 aliphatic rings. The lowest BCUT2D eigenvalue weighted by Crippen LogP contribution is -2.50. The van der Waals surface area contributed by atoms with E-state index in [1.807, 2.05) is 45.1 Å². The van der Waals surface area contributed by atoms with Gasteiger partial charge in [-0.25, -0.2) is 4.79 Å². The lowest BCUT2D eigenvalue weighted by atomic mass is 10.1. The number of carbonyl (C=O) groups excluding carboxylic acids is 1. The fourth-order valence-electron chi connectivity index (χ4n) is 2.52. The van der Waals surface area contributed by atoms with Gasteiger partial charge in [0, 0.05) is 31.9 Å². The van der Waals surface area contributed by atoms with Crippen LogP contribution in [0.1, 0.15) is 32.8 Å². The van der Waals surface area contributed by atoms with Crippen LogP contribution in [-0.2, 0) is 4.74 Å². The van der Waals surface area contributed by atoms with Crippen molar-refractivity contribution in [2.24, 2.45) is 0 Å². The molecule has 0 bridgehead atoms. The lowest BCUT2D eigenvalue weighted by Gasteiger charge is -2.36. The fraction of sp³-hybridized carbons (Fsp3) is 0.474. The minimum absolute atomic E-state index is 0.236. The Bertz CT molecular complexity index is 615. The first-order chi connectivity index (χ1) is 11.4. The van der Waals surface area contributed by atoms with Crippen LogP contribution in [0.2, 0.25) is 0 Å². The van der Waals surface area contributed by atoms with Crippen molar-refractivity contribution in [3.05, 3.63) is 35.9 Å². The van der Waals surface area contributed by atoms with Gasteiger partial charge in [-0.2, -0.15) is 5.26 Å². The van der Waals surface area contributed by atoms with Gasteiger partial charge in [0.15, 0.2) is 0 Å². The first-order valence-electron chi connectivity index (χ1n) is 8.25. The van der Waals surface area contributed by atoms with Gasteiger partial charge in [0.1, 0.15) is 5.60 Å². The van der Waals surface area contributed by atoms with E-state index in [1.54, 1.807) is 4.90 Å². The number of hydrogen-bond donors (Lipinski definition) is 0. The van der Waals surface area contributed by atoms with Crippen LogP contribution < -0.4 is 4.90 Å². The van der Waals surface area contributed by atoms with Crippen molar-refractivity contribution in [1.82, 2.24) is 4.90 Å². The Morgan fingerprint density at radius 3 is 2.38 bits per heavy atom. The Morgan fingerprint density at radius 2 is 1.83 bits per heavy atom. The molecule has 0 radical (unpaired) electrons. The third kappa shape index (κ3) is 5.31. The highest BCUT2D eigenvalue weighted by atomic mass is 16.6. The molecule has 2 rings (SSSR count). The largest absolute Gasteiger partial charge is 0.444 e. The number of anilines is 1. The number of benzene rings is 1. The summed E-state index contributed by atoms with van der Waals surface area (Å²) < 4.78 is 5.42. The number of ether oxygens (including phenoxy) is 1. The highest BCUT2D eigenvalue weighted by Crippen LogP contribution is 2.19. The van der Waals surface area contributed by atoms with Crippen LogP contribution >= 0.6 is 0 Å². The molecule has 1 saturated heterocycles. The quantitative estimate of drug-likeness (QED) is 0.850. The van der Waals surface area contributed by atoms with Gasteiger partial charge in [-0.05, 0) is 38.5 Å². The van der Waals surface area contributed by atoms with Gasteiger partial charge in [-0.1, -0.05) is 24.3 Å². The molecule has 0 aliphatic carbocycles. The second kappa shape index (κ2) is 7.87. The molecule has 128 valence electrons. The second-order valence-corrected chi connectivity index (χ2v) is 6.81. The average molecular weight is 327 g/mol. The molecular formula is C19H25N3O2. The third-order valence-electron chi connectivity index (χ3n) is 3.71. The Kier molecular flexibility index (Phi) is 5.86. The maximum Gasteiger partial charge on any atom is 0.410 e. The minimum Gasteiger partial charge on any atom is -0.444 e. The maximum absolute atomic E-state index is 12.1. The zero-order valence-corrected chi connectivity index (χ0v) is 14.7. The number of rotatable bonds is 3. The molecule has 24 heavy (non-hydrogen) atoms. The van der Waals surface area contributed by atoms with Crippen LogP contribution in [0.4, 0.5) is 10.5 Å². The molecular weight excluding hydrogens is 302 g/mol. The van der Waals surface area contributed by atoms with Gasteiger partial charge in [0.25, 0.3) is 0 Å². The molecule has 1 amide bonds. The minimum atomic E-state index is -0.455. The maximum atomic E-state index is 12.1. The van der Waals surface area contributed by atoms with Crippen molar-refractivity contribution >= 4 is 17.9 Å². The van der Waals surface area contributed by atoms with Crippen molar-refractivity contribution < 1.29 is 9.53 Å². The Balaban J connectivity index is 1.88. The number of nitrogens with zero attached hydrogens (tertiary/aromatic N) is 3. The van der Waals surface area contributed by atoms with Crippen LogP contribution in [0.15, 0.2) is 30.3 Å². The predicted octanol–water partition coefficient (Wildman–Crippen LogP) is 3.67. The summed E-state index contributed by atoms with van der Waals surface area (Å²) in [6.45, 7) is 8.57. The molecule has 0 spiro atoms. The van der Waals surface area contributed by atoms with E-state index < -0.39 is 5.60 Å². The molecule has 0 aromatic heterocycles. The summed E-state index contributed by atoms with van der Waals surface area (Å²) in [4.78, 5) is 16.1. The summed E-state index contributed by atoms with van der Waals surface area (Å²) >= 11 is 0. The summed E-state index contributed by atoms with van der Waals surface area (Å²) in [6.07, 6.45) is 4.00. The molecule has 1 fully saturated rings. The summed E-state index contributed by atoms with van der Waals surface area (Å²) in [5.74, 6) is 0. The van der Waals surface area contributed by atoms with Crippen molar-refractivity contribution in [2.75, 3.05) is 31.1 Å². The van der Waals surface area contributed by atoms with Gasteiger partial charge >= 0.3 is 6.09 Å². The molecule has 1 aliphatic heterocycles. The molecule has 0 N–H and O–H groups in total. The molecule has 1 aromatic rings. The number of nitriles is 1. The van der Waals surface area contributed by atoms with E-state index in [0.717, 1.165) is 24.3 Å². The van der Waals surface area contributed by atoms with Crippen LogP contribution in [0, 0.1) is 11.3 Å². The summed E-state index contributed by atoms with van der Waals surface area (Å²) in [5.41, 5.74) is 1.78. The standard InChI is InChI=1S/C19H25N3O2/c1-19(2,3)24-18(23)22-14-12-21(13-15-22)17-9-7-16(8-10-17)6-4-5-11-20/h4,6-10H,5,12-15H2,1-3H3. The normalized spacial score (nSPS) is 15.4. The lowest BCUT2D eigenvalue weighted by molar-refractivity contribution is 0.0240. The van der Waals surface area contributed by atoms with Crippen LogP contribution in [-0.4, -0.2) is 42.8 Å². The van der Waals surface area contributed by atoms with Gasteiger partial charge < -0.3 is 14.5 Å². The molecule has 0 unspecified atom stereocenters. The third-order valence-corrected chi connectivity index (χ3v) is 3.71. The number of piperazine rings is 1. The van der Waals surface area contributed by atoms with Gasteiger partial charge in [-0.3, -0.25) is 0 Å². The topological polar surface area (TPSA) is 56.6 Å². The van der Waals surface area contributed by atoms with E-state index in [2.05, 4.69) is 23.1 Å². The number of allylic oxidation sites excluding steroid dienone is 1. The first kappa shape index (κ1) is 17.9. The molecule has 1 aromatic carbocycles. The number of amides is 1. The summed E-state index contributed by atoms with van der Waals surface area (Å²) in [5, 5.41) is 8.54. The van der Waals surface area contributed by atoms with Crippen molar-refractivity contribution in [1.29, 1.82) is 5.26 Å². The van der Waals surface area contributed by atoms with Crippen LogP contribution in [0.3, 0.4) is 0 Å². The monoisotopic (exact) mass is 327 g/mol. The Hall–Kier alpha value is -2.48. The van der Waals surface area contributed by atoms with E-state index in [0.29, 0.717) is 19.5 Å². The number of carbonyl (C=O) groups is 1. The Labute approximate surface area is 144 Å². The first-order valence-corrected chi connectivity index (χ1v) is 8.25. The van der Waals surface area contributed by atoms with Gasteiger partial charge in [0.2, 0.25) is 0 Å². The summed E-state index contributed by atoms with van der Waals surface area (Å²) in [7, 11) is 0. The fourth-order valence-corrected chi connectivity index (χ4v) is 2.52. The van der Waals surface area contributed by atoms with Crippen molar-refractivity contribution in [3.63, 3.8) is 0 Å². The van der Waals surface area contributed by atoms with E-state index in [4.69, 9.17) is 10.00 Å². The molecule has 5 nitrogen and oxygen atoms in total. The van der Waals surface area contributed by atoms with Crippen LogP contribution in [0.5, 0.6) is 0 Å². The molecule has 0 atom stereocenters.